The van der Waals surface area contributed by atoms with Gasteiger partial charge in [-0.1, -0.05) is 25.3 Å². The number of aliphatic carboxylic acids is 2. The monoisotopic (exact) mass is 737 g/mol. The number of aromatic amines is 2. The van der Waals surface area contributed by atoms with E-state index in [-0.39, 0.29) is 101 Å². The molecule has 3 amide bonds. The summed E-state index contributed by atoms with van der Waals surface area (Å²) in [6.45, 7) is 15.2. The van der Waals surface area contributed by atoms with E-state index in [1.807, 2.05) is 32.9 Å². The Kier molecular flexibility index (Phi) is 14.3. The molecule has 14 nitrogen and oxygen atoms in total. The first-order valence-corrected chi connectivity index (χ1v) is 16.2. The van der Waals surface area contributed by atoms with Gasteiger partial charge in [-0.15, -0.1) is 0 Å². The van der Waals surface area contributed by atoms with Crippen LogP contribution in [0.1, 0.15) is 71.7 Å². The number of rotatable bonds is 12. The number of carboxylic acids is 2. The van der Waals surface area contributed by atoms with E-state index in [0.29, 0.717) is 41.1 Å². The molecule has 270 valence electrons. The van der Waals surface area contributed by atoms with E-state index in [0.717, 1.165) is 50.6 Å². The zero-order chi connectivity index (χ0) is 37.7. The Bertz CT molecular complexity index is 2010. The number of carbonyl (C=O) groups excluding carboxylic acids is 3. The fourth-order valence-electron chi connectivity index (χ4n) is 6.17. The minimum atomic E-state index is -0.922. The van der Waals surface area contributed by atoms with E-state index in [1.54, 1.807) is 24.9 Å². The van der Waals surface area contributed by atoms with Crippen molar-refractivity contribution in [1.82, 2.24) is 30.8 Å². The molecule has 0 atom stereocenters. The number of nitrogens with one attached hydrogen (secondary N) is 6. The number of carbonyl (C=O) groups is 5. The zero-order valence-corrected chi connectivity index (χ0v) is 29.3. The van der Waals surface area contributed by atoms with Crippen LogP contribution < -0.4 is 16.0 Å². The van der Waals surface area contributed by atoms with Crippen LogP contribution in [-0.2, 0) is 43.2 Å². The van der Waals surface area contributed by atoms with Crippen molar-refractivity contribution < 1.29 is 34.2 Å². The van der Waals surface area contributed by atoms with Gasteiger partial charge in [-0.3, -0.25) is 34.7 Å². The number of amides is 3. The average molecular weight is 738 g/mol. The van der Waals surface area contributed by atoms with Crippen LogP contribution in [0.15, 0.2) is 59.0 Å². The molecule has 8 N–H and O–H groups in total. The van der Waals surface area contributed by atoms with Crippen molar-refractivity contribution in [2.24, 2.45) is 0 Å². The molecule has 0 radical (unpaired) electrons. The van der Waals surface area contributed by atoms with Crippen molar-refractivity contribution >= 4 is 99.2 Å². The summed E-state index contributed by atoms with van der Waals surface area (Å²) in [6, 6.07) is 0. The number of hydrogen-bond acceptors (Lipinski definition) is 6. The van der Waals surface area contributed by atoms with Crippen molar-refractivity contribution in [3.63, 3.8) is 0 Å². The summed E-state index contributed by atoms with van der Waals surface area (Å²) in [6.07, 6.45) is 7.58. The number of carboxylic acid groups (broad SMARTS) is 2. The second kappa shape index (κ2) is 17.8. The maximum absolute atomic E-state index is 12.3. The summed E-state index contributed by atoms with van der Waals surface area (Å²) in [5.74, 6) is -2.19. The van der Waals surface area contributed by atoms with Gasteiger partial charge in [0.05, 0.1) is 12.2 Å². The van der Waals surface area contributed by atoms with Crippen LogP contribution in [0.2, 0.25) is 0 Å². The normalized spacial score (nSPS) is 16.9. The average Bonchev–Trinajstić information content (AvgIpc) is 3.78. The molecule has 1 fully saturated rings. The molecule has 3 aliphatic heterocycles. The summed E-state index contributed by atoms with van der Waals surface area (Å²) in [4.78, 5) is 66.4. The predicted octanol–water partition coefficient (Wildman–Crippen LogP) is 2.87. The third-order valence-electron chi connectivity index (χ3n) is 9.13. The van der Waals surface area contributed by atoms with Crippen molar-refractivity contribution in [2.75, 3.05) is 13.6 Å². The third-order valence-corrected chi connectivity index (χ3v) is 9.13. The molecule has 15 heteroatoms. The fourth-order valence-corrected chi connectivity index (χ4v) is 6.17. The SMILES string of the molecule is C=CC1=C(C)/C(=C/c2[nH]c(Cc3[nH]c(/C=C4\NC(=O)C(C)=C4C=C)c(C)c3CCC(=O)O)c(CCC(=O)O)c2C)NC1=O.CN1CC(=O)NC1=N.[KH]. The van der Waals surface area contributed by atoms with E-state index in [9.17, 15) is 34.2 Å². The Balaban J connectivity index is 0.000000715. The first-order valence-electron chi connectivity index (χ1n) is 16.2. The number of likely N-dealkylation sites (N-methyl/N-ethyl adjacent to an activating group) is 1. The second-order valence-electron chi connectivity index (χ2n) is 12.5. The molecule has 3 aliphatic rings. The molecule has 0 unspecified atom stereocenters. The van der Waals surface area contributed by atoms with Gasteiger partial charge in [0.25, 0.3) is 11.8 Å². The molecule has 0 aromatic carbocycles. The first kappa shape index (κ1) is 41.9. The van der Waals surface area contributed by atoms with Crippen LogP contribution in [0.25, 0.3) is 12.2 Å². The van der Waals surface area contributed by atoms with Gasteiger partial charge in [-0.05, 0) is 80.5 Å². The van der Waals surface area contributed by atoms with E-state index in [1.165, 1.54) is 6.08 Å². The molecule has 0 spiro atoms. The van der Waals surface area contributed by atoms with Crippen LogP contribution >= 0.6 is 0 Å². The maximum atomic E-state index is 12.3. The van der Waals surface area contributed by atoms with Crippen LogP contribution in [0.3, 0.4) is 0 Å². The Hall–Kier alpha value is -4.54. The molecule has 0 saturated carbocycles. The molecule has 5 heterocycles. The molecule has 0 aliphatic carbocycles. The number of guanidine groups is 1. The third kappa shape index (κ3) is 9.46. The van der Waals surface area contributed by atoms with Gasteiger partial charge in [0.1, 0.15) is 0 Å². The van der Waals surface area contributed by atoms with Gasteiger partial charge >= 0.3 is 63.3 Å². The Morgan fingerprint density at radius 1 is 0.769 bits per heavy atom. The van der Waals surface area contributed by atoms with E-state index in [4.69, 9.17) is 5.41 Å². The molecule has 52 heavy (non-hydrogen) atoms. The van der Waals surface area contributed by atoms with Crippen LogP contribution in [0.4, 0.5) is 0 Å². The molecule has 1 saturated heterocycles. The van der Waals surface area contributed by atoms with Crippen LogP contribution in [0.5, 0.6) is 0 Å². The van der Waals surface area contributed by atoms with E-state index < -0.39 is 11.9 Å². The Labute approximate surface area is 344 Å². The summed E-state index contributed by atoms with van der Waals surface area (Å²) >= 11 is 0. The van der Waals surface area contributed by atoms with Gasteiger partial charge in [0, 0.05) is 71.5 Å². The quantitative estimate of drug-likeness (QED) is 0.151. The molecule has 0 bridgehead atoms. The van der Waals surface area contributed by atoms with Gasteiger partial charge in [-0.25, -0.2) is 0 Å². The van der Waals surface area contributed by atoms with Crippen molar-refractivity contribution in [3.8, 4) is 0 Å². The van der Waals surface area contributed by atoms with Crippen molar-refractivity contribution in [3.05, 3.63) is 104 Å². The molecular formula is C37H44KN7O7. The molecule has 5 rings (SSSR count). The standard InChI is InChI=1S/C33H36N4O6.C4H7N3O.K.H/c1-7-20-19(6)32(42)37-27(20)14-25-18(5)23(10-12-31(40)41)29(35-25)15-28-22(9-11-30(38)39)17(4)24(34-28)13-26-16(3)21(8-2)33(43)36-26;1-7-2-3(8)6-4(7)5;;/h7-8,13-14,34-35H,1-2,9-12,15H2,3-6H3,(H,36,43)(H,37,42)(H,38,39)(H,40,41);2H2,1H3,(H2,5,6,8);;/b26-13-,27-14-;;;. The summed E-state index contributed by atoms with van der Waals surface area (Å²) in [5, 5.41) is 33.9. The second-order valence-corrected chi connectivity index (χ2v) is 12.5. The Morgan fingerprint density at radius 3 is 1.63 bits per heavy atom. The van der Waals surface area contributed by atoms with Crippen LogP contribution in [-0.4, -0.2) is 126 Å². The molecular weight excluding hydrogens is 694 g/mol. The first-order chi connectivity index (χ1) is 24.1. The molecule has 2 aromatic heterocycles. The summed E-state index contributed by atoms with van der Waals surface area (Å²) in [7, 11) is 1.69. The van der Waals surface area contributed by atoms with Crippen molar-refractivity contribution in [1.29, 1.82) is 5.41 Å². The van der Waals surface area contributed by atoms with Gasteiger partial charge < -0.3 is 35.7 Å². The van der Waals surface area contributed by atoms with Gasteiger partial charge in [-0.2, -0.15) is 0 Å². The van der Waals surface area contributed by atoms with Gasteiger partial charge in [0.15, 0.2) is 5.96 Å². The molecule has 2 aromatic rings. The summed E-state index contributed by atoms with van der Waals surface area (Å²) < 4.78 is 0. The Morgan fingerprint density at radius 2 is 1.25 bits per heavy atom. The van der Waals surface area contributed by atoms with Gasteiger partial charge in [0.2, 0.25) is 5.91 Å². The predicted molar refractivity (Wildman–Crippen MR) is 199 cm³/mol. The van der Waals surface area contributed by atoms with E-state index >= 15 is 0 Å². The zero-order valence-electron chi connectivity index (χ0n) is 29.3. The van der Waals surface area contributed by atoms with Crippen molar-refractivity contribution in [2.45, 2.75) is 59.8 Å². The summed E-state index contributed by atoms with van der Waals surface area (Å²) in [5.41, 5.74) is 10.2. The number of hydrogen-bond donors (Lipinski definition) is 8. The number of allylic oxidation sites excluding steroid dienone is 2. The minimum absolute atomic E-state index is 0. The van der Waals surface area contributed by atoms with E-state index in [2.05, 4.69) is 39.1 Å². The topological polar surface area (TPSA) is 221 Å². The fraction of sp³-hybridized carbons (Fsp3) is 0.297. The van der Waals surface area contributed by atoms with Crippen LogP contribution in [0, 0.1) is 19.3 Å². The number of H-pyrrole nitrogens is 2. The number of nitrogens with zero attached hydrogens (tertiary/aromatic N) is 1. The number of aromatic nitrogens is 2.